The standard InChI is InChI=1S/C29H28O4S.CH4/c1-21-5-17-27(18-6-21)34(30,31)28-19-15-26(16-20-28)33-25-13-9-23(10-14-25)29(2,3)22-7-11-24(32-4)12-8-22;/h5-20H,1-4H3;1H4. The van der Waals surface area contributed by atoms with Crippen LogP contribution in [0.4, 0.5) is 0 Å². The van der Waals surface area contributed by atoms with Crippen LogP contribution in [0, 0.1) is 6.92 Å². The molecule has 0 amide bonds. The molecule has 0 aliphatic carbocycles. The quantitative estimate of drug-likeness (QED) is 0.269. The third-order valence-electron chi connectivity index (χ3n) is 6.09. The summed E-state index contributed by atoms with van der Waals surface area (Å²) < 4.78 is 36.9. The van der Waals surface area contributed by atoms with Crippen molar-refractivity contribution in [2.45, 2.75) is 43.4 Å². The molecule has 0 unspecified atom stereocenters. The van der Waals surface area contributed by atoms with Gasteiger partial charge < -0.3 is 9.47 Å². The van der Waals surface area contributed by atoms with Crippen molar-refractivity contribution >= 4 is 9.84 Å². The first kappa shape index (κ1) is 26.0. The molecule has 0 spiro atoms. The number of sulfone groups is 1. The Hall–Kier alpha value is -3.57. The predicted octanol–water partition coefficient (Wildman–Crippen LogP) is 7.59. The van der Waals surface area contributed by atoms with E-state index in [9.17, 15) is 8.42 Å². The van der Waals surface area contributed by atoms with Crippen molar-refractivity contribution in [1.82, 2.24) is 0 Å². The highest BCUT2D eigenvalue weighted by molar-refractivity contribution is 7.91. The summed E-state index contributed by atoms with van der Waals surface area (Å²) in [6.07, 6.45) is 0. The van der Waals surface area contributed by atoms with Gasteiger partial charge in [0.05, 0.1) is 16.9 Å². The van der Waals surface area contributed by atoms with Gasteiger partial charge in [-0.05, 0) is 78.7 Å². The van der Waals surface area contributed by atoms with E-state index in [4.69, 9.17) is 9.47 Å². The Labute approximate surface area is 209 Å². The van der Waals surface area contributed by atoms with E-state index in [2.05, 4.69) is 38.1 Å². The number of hydrogen-bond donors (Lipinski definition) is 0. The number of hydrogen-bond acceptors (Lipinski definition) is 4. The minimum absolute atomic E-state index is 0. The van der Waals surface area contributed by atoms with Crippen LogP contribution in [0.5, 0.6) is 17.2 Å². The summed E-state index contributed by atoms with van der Waals surface area (Å²) in [6.45, 7) is 6.28. The Kier molecular flexibility index (Phi) is 7.71. The Morgan fingerprint density at radius 2 is 0.971 bits per heavy atom. The highest BCUT2D eigenvalue weighted by Gasteiger charge is 2.23. The maximum atomic E-state index is 12.9. The summed E-state index contributed by atoms with van der Waals surface area (Å²) in [5, 5.41) is 0. The molecule has 5 heteroatoms. The minimum Gasteiger partial charge on any atom is -0.497 e. The average Bonchev–Trinajstić information content (AvgIpc) is 2.85. The van der Waals surface area contributed by atoms with E-state index in [1.807, 2.05) is 31.2 Å². The number of rotatable bonds is 7. The van der Waals surface area contributed by atoms with E-state index in [1.54, 1.807) is 55.6 Å². The van der Waals surface area contributed by atoms with Gasteiger partial charge in [0, 0.05) is 5.41 Å². The summed E-state index contributed by atoms with van der Waals surface area (Å²) in [7, 11) is -1.90. The first-order valence-corrected chi connectivity index (χ1v) is 12.5. The normalized spacial score (nSPS) is 11.4. The summed E-state index contributed by atoms with van der Waals surface area (Å²) in [6, 6.07) is 29.4. The fourth-order valence-electron chi connectivity index (χ4n) is 3.79. The second-order valence-corrected chi connectivity index (χ2v) is 10.7. The summed E-state index contributed by atoms with van der Waals surface area (Å²) >= 11 is 0. The molecule has 0 aromatic heterocycles. The number of ether oxygens (including phenoxy) is 2. The second kappa shape index (κ2) is 10.4. The zero-order chi connectivity index (χ0) is 24.3. The zero-order valence-corrected chi connectivity index (χ0v) is 20.6. The highest BCUT2D eigenvalue weighted by Crippen LogP contribution is 2.34. The molecular weight excluding hydrogens is 456 g/mol. The molecule has 0 heterocycles. The van der Waals surface area contributed by atoms with Gasteiger partial charge in [0.25, 0.3) is 0 Å². The lowest BCUT2D eigenvalue weighted by Crippen LogP contribution is -2.18. The molecule has 35 heavy (non-hydrogen) atoms. The lowest BCUT2D eigenvalue weighted by molar-refractivity contribution is 0.414. The van der Waals surface area contributed by atoms with Gasteiger partial charge in [0.1, 0.15) is 17.2 Å². The van der Waals surface area contributed by atoms with Gasteiger partial charge in [-0.25, -0.2) is 8.42 Å². The van der Waals surface area contributed by atoms with E-state index in [1.165, 1.54) is 5.56 Å². The molecular formula is C30H32O4S. The van der Waals surface area contributed by atoms with Crippen molar-refractivity contribution in [2.24, 2.45) is 0 Å². The van der Waals surface area contributed by atoms with Gasteiger partial charge in [0.15, 0.2) is 0 Å². The Balaban J connectivity index is 0.00000342. The Morgan fingerprint density at radius 1 is 0.600 bits per heavy atom. The molecule has 0 saturated heterocycles. The maximum Gasteiger partial charge on any atom is 0.206 e. The number of benzene rings is 4. The molecule has 0 saturated carbocycles. The molecule has 4 rings (SSSR count). The van der Waals surface area contributed by atoms with Crippen LogP contribution in [0.3, 0.4) is 0 Å². The topological polar surface area (TPSA) is 52.6 Å². The van der Waals surface area contributed by atoms with E-state index >= 15 is 0 Å². The van der Waals surface area contributed by atoms with Crippen molar-refractivity contribution in [2.75, 3.05) is 7.11 Å². The van der Waals surface area contributed by atoms with Gasteiger partial charge in [0.2, 0.25) is 9.84 Å². The summed E-state index contributed by atoms with van der Waals surface area (Å²) in [5.41, 5.74) is 3.18. The Morgan fingerprint density at radius 3 is 1.40 bits per heavy atom. The molecule has 4 aromatic rings. The van der Waals surface area contributed by atoms with Crippen LogP contribution < -0.4 is 9.47 Å². The fraction of sp³-hybridized carbons (Fsp3) is 0.200. The maximum absolute atomic E-state index is 12.9. The predicted molar refractivity (Wildman–Crippen MR) is 141 cm³/mol. The van der Waals surface area contributed by atoms with Crippen molar-refractivity contribution in [1.29, 1.82) is 0 Å². The van der Waals surface area contributed by atoms with E-state index in [-0.39, 0.29) is 22.6 Å². The van der Waals surface area contributed by atoms with Crippen LogP contribution in [-0.4, -0.2) is 15.5 Å². The summed E-state index contributed by atoms with van der Waals surface area (Å²) in [4.78, 5) is 0.516. The monoisotopic (exact) mass is 488 g/mol. The van der Waals surface area contributed by atoms with Crippen molar-refractivity contribution in [3.63, 3.8) is 0 Å². The van der Waals surface area contributed by atoms with Gasteiger partial charge >= 0.3 is 0 Å². The molecule has 4 aromatic carbocycles. The lowest BCUT2D eigenvalue weighted by Gasteiger charge is -2.26. The van der Waals surface area contributed by atoms with Crippen molar-refractivity contribution < 1.29 is 17.9 Å². The molecule has 0 fully saturated rings. The largest absolute Gasteiger partial charge is 0.497 e. The van der Waals surface area contributed by atoms with Crippen LogP contribution in [0.2, 0.25) is 0 Å². The smallest absolute Gasteiger partial charge is 0.206 e. The average molecular weight is 489 g/mol. The number of methoxy groups -OCH3 is 1. The highest BCUT2D eigenvalue weighted by atomic mass is 32.2. The van der Waals surface area contributed by atoms with Crippen LogP contribution in [0.25, 0.3) is 0 Å². The van der Waals surface area contributed by atoms with Gasteiger partial charge in [-0.1, -0.05) is 63.2 Å². The van der Waals surface area contributed by atoms with Gasteiger partial charge in [-0.3, -0.25) is 0 Å². The third-order valence-corrected chi connectivity index (χ3v) is 7.87. The SMILES string of the molecule is C.COc1ccc(C(C)(C)c2ccc(Oc3ccc(S(=O)(=O)c4ccc(C)cc4)cc3)cc2)cc1. The first-order valence-electron chi connectivity index (χ1n) is 11.0. The molecule has 0 bridgehead atoms. The molecule has 0 aliphatic heterocycles. The first-order chi connectivity index (χ1) is 16.2. The fourth-order valence-corrected chi connectivity index (χ4v) is 5.05. The molecule has 4 nitrogen and oxygen atoms in total. The number of aryl methyl sites for hydroxylation is 1. The third kappa shape index (κ3) is 5.57. The molecule has 0 atom stereocenters. The van der Waals surface area contributed by atoms with Gasteiger partial charge in [-0.15, -0.1) is 0 Å². The molecule has 0 radical (unpaired) electrons. The van der Waals surface area contributed by atoms with Crippen LogP contribution >= 0.6 is 0 Å². The van der Waals surface area contributed by atoms with Gasteiger partial charge in [-0.2, -0.15) is 0 Å². The Bertz CT molecular complexity index is 1350. The van der Waals surface area contributed by atoms with Crippen LogP contribution in [0.1, 0.15) is 38.0 Å². The molecule has 0 aliphatic rings. The molecule has 0 N–H and O–H groups in total. The van der Waals surface area contributed by atoms with E-state index in [0.717, 1.165) is 16.9 Å². The zero-order valence-electron chi connectivity index (χ0n) is 19.8. The van der Waals surface area contributed by atoms with Crippen LogP contribution in [0.15, 0.2) is 107 Å². The van der Waals surface area contributed by atoms with E-state index in [0.29, 0.717) is 11.5 Å². The van der Waals surface area contributed by atoms with Crippen molar-refractivity contribution in [3.05, 3.63) is 114 Å². The second-order valence-electron chi connectivity index (χ2n) is 8.77. The van der Waals surface area contributed by atoms with Crippen molar-refractivity contribution in [3.8, 4) is 17.2 Å². The molecule has 182 valence electrons. The van der Waals surface area contributed by atoms with Crippen LogP contribution in [-0.2, 0) is 15.3 Å². The summed E-state index contributed by atoms with van der Waals surface area (Å²) in [5.74, 6) is 2.09. The van der Waals surface area contributed by atoms with E-state index < -0.39 is 9.84 Å². The lowest BCUT2D eigenvalue weighted by atomic mass is 9.78. The minimum atomic E-state index is -3.56.